The van der Waals surface area contributed by atoms with Crippen molar-refractivity contribution in [3.63, 3.8) is 0 Å². The number of nitrogens with zero attached hydrogens (tertiary/aromatic N) is 1. The summed E-state index contributed by atoms with van der Waals surface area (Å²) in [7, 11) is 1.66. The molecule has 0 aliphatic rings. The number of aliphatic hydroxyl groups excluding tert-OH is 1. The van der Waals surface area contributed by atoms with Gasteiger partial charge in [0.1, 0.15) is 0 Å². The van der Waals surface area contributed by atoms with Gasteiger partial charge in [-0.05, 0) is 0 Å². The van der Waals surface area contributed by atoms with Crippen LogP contribution in [0, 0.1) is 0 Å². The van der Waals surface area contributed by atoms with Gasteiger partial charge in [-0.3, -0.25) is 0 Å². The molecule has 2 aromatic rings. The fraction of sp³-hybridized carbons (Fsp3) is 0.214. The third-order valence-corrected chi connectivity index (χ3v) is 5.39. The quantitative estimate of drug-likeness (QED) is 0.663. The molecule has 5 heteroatoms. The normalized spacial score (nSPS) is 11.1. The van der Waals surface area contributed by atoms with E-state index in [1.54, 1.807) is 13.2 Å². The Morgan fingerprint density at radius 2 is 1.95 bits per heavy atom. The molecule has 0 spiro atoms. The van der Waals surface area contributed by atoms with Crippen LogP contribution in [0.4, 0.5) is 0 Å². The number of ether oxygens (including phenoxy) is 1. The Kier molecular flexibility index (Phi) is 5.26. The maximum absolute atomic E-state index is 9.14. The van der Waals surface area contributed by atoms with Crippen molar-refractivity contribution in [2.75, 3.05) is 7.11 Å². The Morgan fingerprint density at radius 3 is 2.58 bits per heavy atom. The number of hydrogen-bond acceptors (Lipinski definition) is 3. The first-order valence-electron chi connectivity index (χ1n) is 5.85. The van der Waals surface area contributed by atoms with Crippen molar-refractivity contribution in [1.29, 1.82) is 0 Å². The summed E-state index contributed by atoms with van der Waals surface area (Å²) < 4.78 is 6.15. The first-order chi connectivity index (χ1) is 9.21. The van der Waals surface area contributed by atoms with E-state index in [1.807, 2.05) is 18.2 Å². The first kappa shape index (κ1) is 14.4. The van der Waals surface area contributed by atoms with E-state index in [0.29, 0.717) is 5.15 Å². The molecule has 1 aromatic carbocycles. The number of rotatable bonds is 5. The molecule has 19 heavy (non-hydrogen) atoms. The monoisotopic (exact) mass is 339 g/mol. The zero-order valence-corrected chi connectivity index (χ0v) is 13.4. The molecule has 1 heterocycles. The Hall–Kier alpha value is -1.02. The summed E-state index contributed by atoms with van der Waals surface area (Å²) in [5.74, 6) is 0.868. The van der Waals surface area contributed by atoms with Gasteiger partial charge in [0.05, 0.1) is 0 Å². The first-order valence-corrected chi connectivity index (χ1v) is 8.76. The van der Waals surface area contributed by atoms with Crippen LogP contribution in [0.5, 0.6) is 5.75 Å². The predicted molar refractivity (Wildman–Crippen MR) is 78.7 cm³/mol. The molecular formula is C14H15AsClNO2. The molecule has 1 atom stereocenters. The van der Waals surface area contributed by atoms with Gasteiger partial charge in [0.15, 0.2) is 0 Å². The molecule has 3 nitrogen and oxygen atoms in total. The summed E-state index contributed by atoms with van der Waals surface area (Å²) in [4.78, 5) is 4.32. The van der Waals surface area contributed by atoms with E-state index in [9.17, 15) is 0 Å². The van der Waals surface area contributed by atoms with Crippen molar-refractivity contribution < 1.29 is 9.84 Å². The van der Waals surface area contributed by atoms with Crippen molar-refractivity contribution in [1.82, 2.24) is 4.98 Å². The predicted octanol–water partition coefficient (Wildman–Crippen LogP) is 1.50. The van der Waals surface area contributed by atoms with Crippen LogP contribution in [-0.4, -0.2) is 33.0 Å². The number of benzene rings is 1. The molecule has 0 fully saturated rings. The third kappa shape index (κ3) is 4.24. The second-order valence-electron chi connectivity index (χ2n) is 4.04. The van der Waals surface area contributed by atoms with Gasteiger partial charge in [-0.1, -0.05) is 0 Å². The summed E-state index contributed by atoms with van der Waals surface area (Å²) in [6.07, 6.45) is 0. The molecule has 0 saturated carbocycles. The standard InChI is InChI=1S/C14H15AsClNO2/c1-19-12-4-2-10(3-5-12)8-15-13-6-11(9-18)7-14(16)17-13/h2-7,15,18H,8-9H2,1H3. The minimum atomic E-state index is -0.396. The van der Waals surface area contributed by atoms with Crippen LogP contribution in [0.15, 0.2) is 36.4 Å². The van der Waals surface area contributed by atoms with Gasteiger partial charge in [0.25, 0.3) is 0 Å². The fourth-order valence-electron chi connectivity index (χ4n) is 1.67. The molecule has 0 radical (unpaired) electrons. The van der Waals surface area contributed by atoms with Crippen LogP contribution >= 0.6 is 11.6 Å². The topological polar surface area (TPSA) is 42.4 Å². The van der Waals surface area contributed by atoms with E-state index in [2.05, 4.69) is 17.1 Å². The van der Waals surface area contributed by atoms with Gasteiger partial charge >= 0.3 is 124 Å². The summed E-state index contributed by atoms with van der Waals surface area (Å²) in [6.45, 7) is 0.00390. The second kappa shape index (κ2) is 6.95. The van der Waals surface area contributed by atoms with E-state index in [4.69, 9.17) is 21.4 Å². The average molecular weight is 340 g/mol. The molecule has 1 unspecified atom stereocenters. The van der Waals surface area contributed by atoms with Crippen molar-refractivity contribution in [2.24, 2.45) is 0 Å². The van der Waals surface area contributed by atoms with Crippen LogP contribution in [0.25, 0.3) is 0 Å². The molecule has 0 aliphatic heterocycles. The van der Waals surface area contributed by atoms with Gasteiger partial charge in [0.2, 0.25) is 0 Å². The molecule has 2 rings (SSSR count). The molecule has 0 saturated heterocycles. The Morgan fingerprint density at radius 1 is 1.21 bits per heavy atom. The summed E-state index contributed by atoms with van der Waals surface area (Å²) in [5, 5.41) is 10.6. The molecule has 1 aromatic heterocycles. The molecule has 100 valence electrons. The number of aromatic nitrogens is 1. The summed E-state index contributed by atoms with van der Waals surface area (Å²) >= 11 is 5.54. The summed E-state index contributed by atoms with van der Waals surface area (Å²) in [5.41, 5.74) is 2.10. The van der Waals surface area contributed by atoms with E-state index < -0.39 is 15.8 Å². The van der Waals surface area contributed by atoms with Crippen molar-refractivity contribution in [3.8, 4) is 5.75 Å². The Labute approximate surface area is 124 Å². The van der Waals surface area contributed by atoms with Crippen LogP contribution < -0.4 is 9.22 Å². The molecular weight excluding hydrogens is 325 g/mol. The van der Waals surface area contributed by atoms with Crippen molar-refractivity contribution in [3.05, 3.63) is 52.7 Å². The molecule has 1 N–H and O–H groups in total. The number of halogens is 1. The van der Waals surface area contributed by atoms with Crippen LogP contribution in [-0.2, 0) is 11.8 Å². The van der Waals surface area contributed by atoms with Crippen LogP contribution in [0.3, 0.4) is 0 Å². The fourth-order valence-corrected chi connectivity index (χ4v) is 4.37. The Bertz CT molecular complexity index is 546. The number of aliphatic hydroxyl groups is 1. The number of hydrogen-bond donors (Lipinski definition) is 1. The zero-order chi connectivity index (χ0) is 13.7. The third-order valence-electron chi connectivity index (χ3n) is 2.67. The molecule has 0 bridgehead atoms. The van der Waals surface area contributed by atoms with Gasteiger partial charge in [-0.15, -0.1) is 0 Å². The average Bonchev–Trinajstić information content (AvgIpc) is 2.45. The second-order valence-corrected chi connectivity index (χ2v) is 6.99. The van der Waals surface area contributed by atoms with Gasteiger partial charge < -0.3 is 0 Å². The molecule has 0 amide bonds. The van der Waals surface area contributed by atoms with Gasteiger partial charge in [0, 0.05) is 0 Å². The van der Waals surface area contributed by atoms with Crippen molar-refractivity contribution in [2.45, 2.75) is 11.8 Å². The van der Waals surface area contributed by atoms with E-state index in [1.165, 1.54) is 5.56 Å². The minimum absolute atomic E-state index is 0.00390. The van der Waals surface area contributed by atoms with Crippen molar-refractivity contribution >= 4 is 31.8 Å². The SMILES string of the molecule is COc1ccc(C[AsH]c2cc(CO)cc(Cl)n2)cc1. The number of pyridine rings is 1. The number of methoxy groups -OCH3 is 1. The zero-order valence-electron chi connectivity index (χ0n) is 10.6. The maximum atomic E-state index is 9.14. The van der Waals surface area contributed by atoms with Crippen LogP contribution in [0.2, 0.25) is 5.15 Å². The van der Waals surface area contributed by atoms with Gasteiger partial charge in [-0.2, -0.15) is 0 Å². The van der Waals surface area contributed by atoms with Crippen LogP contribution in [0.1, 0.15) is 11.1 Å². The van der Waals surface area contributed by atoms with Gasteiger partial charge in [-0.25, -0.2) is 0 Å². The summed E-state index contributed by atoms with van der Waals surface area (Å²) in [6, 6.07) is 11.7. The van der Waals surface area contributed by atoms with E-state index >= 15 is 0 Å². The Balaban J connectivity index is 2.03. The van der Waals surface area contributed by atoms with E-state index in [0.717, 1.165) is 21.0 Å². The van der Waals surface area contributed by atoms with E-state index in [-0.39, 0.29) is 6.61 Å². The molecule has 0 aliphatic carbocycles.